The first kappa shape index (κ1) is 14.8. The number of primary amides is 1. The maximum atomic E-state index is 10.7. The predicted molar refractivity (Wildman–Crippen MR) is 80.3 cm³/mol. The zero-order chi connectivity index (χ0) is 14.4. The minimum absolute atomic E-state index is 0.483. The highest BCUT2D eigenvalue weighted by Crippen LogP contribution is 2.10. The predicted octanol–water partition coefficient (Wildman–Crippen LogP) is 0.992. The molecule has 0 bridgehead atoms. The van der Waals surface area contributed by atoms with Crippen molar-refractivity contribution in [3.63, 3.8) is 0 Å². The van der Waals surface area contributed by atoms with Gasteiger partial charge in [-0.15, -0.1) is 0 Å². The molecule has 1 aliphatic rings. The maximum absolute atomic E-state index is 10.7. The minimum Gasteiger partial charge on any atom is -0.352 e. The van der Waals surface area contributed by atoms with Crippen LogP contribution in [-0.4, -0.2) is 48.6 Å². The Labute approximate surface area is 120 Å². The first-order valence-corrected chi connectivity index (χ1v) is 7.23. The molecular formula is C15H24N4O. The van der Waals surface area contributed by atoms with Crippen LogP contribution in [0.5, 0.6) is 0 Å². The van der Waals surface area contributed by atoms with Gasteiger partial charge in [0.05, 0.1) is 0 Å². The largest absolute Gasteiger partial charge is 0.352 e. The van der Waals surface area contributed by atoms with Crippen molar-refractivity contribution in [1.29, 1.82) is 0 Å². The molecule has 5 heteroatoms. The summed E-state index contributed by atoms with van der Waals surface area (Å²) in [6.45, 7) is 9.46. The Balaban J connectivity index is 1.80. The number of nitrogens with one attached hydrogen (secondary N) is 1. The second-order valence-corrected chi connectivity index (χ2v) is 5.24. The molecule has 1 aromatic carbocycles. The van der Waals surface area contributed by atoms with Crippen LogP contribution < -0.4 is 11.1 Å². The van der Waals surface area contributed by atoms with Crippen molar-refractivity contribution < 1.29 is 4.79 Å². The summed E-state index contributed by atoms with van der Waals surface area (Å²) in [5.74, 6) is 0. The first-order chi connectivity index (χ1) is 9.67. The number of carbonyl (C=O) groups is 1. The van der Waals surface area contributed by atoms with Crippen LogP contribution in [0, 0.1) is 0 Å². The Morgan fingerprint density at radius 1 is 1.10 bits per heavy atom. The molecule has 1 aliphatic heterocycles. The van der Waals surface area contributed by atoms with Crippen LogP contribution in [0.4, 0.5) is 4.79 Å². The summed E-state index contributed by atoms with van der Waals surface area (Å²) in [7, 11) is 0. The number of likely N-dealkylation sites (N-methyl/N-ethyl adjacent to an activating group) is 1. The normalized spacial score (nSPS) is 17.1. The molecule has 1 aromatic rings. The molecule has 0 saturated carbocycles. The third-order valence-electron chi connectivity index (χ3n) is 3.81. The lowest BCUT2D eigenvalue weighted by atomic mass is 10.1. The molecule has 1 saturated heterocycles. The number of nitrogens with two attached hydrogens (primary N) is 1. The van der Waals surface area contributed by atoms with Crippen molar-refractivity contribution in [1.82, 2.24) is 15.1 Å². The molecule has 110 valence electrons. The fraction of sp³-hybridized carbons (Fsp3) is 0.533. The van der Waals surface area contributed by atoms with Crippen LogP contribution in [0.25, 0.3) is 0 Å². The second kappa shape index (κ2) is 7.26. The number of piperazine rings is 1. The Morgan fingerprint density at radius 2 is 1.65 bits per heavy atom. The standard InChI is InChI=1S/C15H24N4O/c1-2-18-7-9-19(10-8-18)12-14-5-3-13(4-6-14)11-17-15(16)20/h3-6H,2,7-12H2,1H3,(H3,16,17,20). The van der Waals surface area contributed by atoms with Gasteiger partial charge in [0.1, 0.15) is 0 Å². The average molecular weight is 276 g/mol. The van der Waals surface area contributed by atoms with Gasteiger partial charge in [-0.05, 0) is 17.7 Å². The van der Waals surface area contributed by atoms with Gasteiger partial charge < -0.3 is 16.0 Å². The van der Waals surface area contributed by atoms with Crippen molar-refractivity contribution in [2.75, 3.05) is 32.7 Å². The summed E-state index contributed by atoms with van der Waals surface area (Å²) >= 11 is 0. The molecule has 0 spiro atoms. The fourth-order valence-corrected chi connectivity index (χ4v) is 2.47. The molecule has 2 amide bonds. The number of hydrogen-bond donors (Lipinski definition) is 2. The first-order valence-electron chi connectivity index (χ1n) is 7.23. The minimum atomic E-state index is -0.483. The number of carbonyl (C=O) groups excluding carboxylic acids is 1. The molecule has 3 N–H and O–H groups in total. The number of amides is 2. The van der Waals surface area contributed by atoms with Gasteiger partial charge in [-0.2, -0.15) is 0 Å². The number of hydrogen-bond acceptors (Lipinski definition) is 3. The molecular weight excluding hydrogens is 252 g/mol. The summed E-state index contributed by atoms with van der Waals surface area (Å²) in [5.41, 5.74) is 7.45. The van der Waals surface area contributed by atoms with E-state index in [4.69, 9.17) is 5.73 Å². The topological polar surface area (TPSA) is 61.6 Å². The average Bonchev–Trinajstić information content (AvgIpc) is 2.47. The van der Waals surface area contributed by atoms with Crippen molar-refractivity contribution in [2.24, 2.45) is 5.73 Å². The van der Waals surface area contributed by atoms with Crippen molar-refractivity contribution in [2.45, 2.75) is 20.0 Å². The Bertz CT molecular complexity index is 424. The zero-order valence-corrected chi connectivity index (χ0v) is 12.1. The smallest absolute Gasteiger partial charge is 0.312 e. The van der Waals surface area contributed by atoms with E-state index in [1.807, 2.05) is 12.1 Å². The number of nitrogens with zero attached hydrogens (tertiary/aromatic N) is 2. The quantitative estimate of drug-likeness (QED) is 0.843. The van der Waals surface area contributed by atoms with Crippen molar-refractivity contribution in [3.8, 4) is 0 Å². The van der Waals surface area contributed by atoms with Crippen LogP contribution in [0.15, 0.2) is 24.3 Å². The van der Waals surface area contributed by atoms with Gasteiger partial charge in [-0.3, -0.25) is 4.90 Å². The lowest BCUT2D eigenvalue weighted by Crippen LogP contribution is -2.45. The number of urea groups is 1. The van der Waals surface area contributed by atoms with E-state index >= 15 is 0 Å². The molecule has 0 aromatic heterocycles. The monoisotopic (exact) mass is 276 g/mol. The van der Waals surface area contributed by atoms with E-state index < -0.39 is 6.03 Å². The van der Waals surface area contributed by atoms with E-state index in [2.05, 4.69) is 34.2 Å². The Morgan fingerprint density at radius 3 is 2.20 bits per heavy atom. The van der Waals surface area contributed by atoms with Gasteiger partial charge in [-0.25, -0.2) is 4.79 Å². The Hall–Kier alpha value is -1.59. The van der Waals surface area contributed by atoms with Crippen molar-refractivity contribution >= 4 is 6.03 Å². The van der Waals surface area contributed by atoms with Crippen LogP contribution >= 0.6 is 0 Å². The second-order valence-electron chi connectivity index (χ2n) is 5.24. The third-order valence-corrected chi connectivity index (χ3v) is 3.81. The molecule has 0 unspecified atom stereocenters. The SMILES string of the molecule is CCN1CCN(Cc2ccc(CNC(N)=O)cc2)CC1. The summed E-state index contributed by atoms with van der Waals surface area (Å²) in [6, 6.07) is 7.87. The van der Waals surface area contributed by atoms with E-state index in [9.17, 15) is 4.79 Å². The van der Waals surface area contributed by atoms with Gasteiger partial charge in [0, 0.05) is 39.3 Å². The van der Waals surface area contributed by atoms with E-state index in [0.717, 1.165) is 44.8 Å². The Kier molecular flexibility index (Phi) is 5.38. The van der Waals surface area contributed by atoms with Crippen molar-refractivity contribution in [3.05, 3.63) is 35.4 Å². The molecule has 20 heavy (non-hydrogen) atoms. The van der Waals surface area contributed by atoms with E-state index in [-0.39, 0.29) is 0 Å². The highest BCUT2D eigenvalue weighted by Gasteiger charge is 2.15. The number of rotatable bonds is 5. The molecule has 2 rings (SSSR count). The molecule has 1 fully saturated rings. The zero-order valence-electron chi connectivity index (χ0n) is 12.1. The lowest BCUT2D eigenvalue weighted by molar-refractivity contribution is 0.132. The van der Waals surface area contributed by atoms with Gasteiger partial charge in [0.2, 0.25) is 0 Å². The summed E-state index contributed by atoms with van der Waals surface area (Å²) in [4.78, 5) is 15.6. The highest BCUT2D eigenvalue weighted by molar-refractivity contribution is 5.71. The van der Waals surface area contributed by atoms with Gasteiger partial charge >= 0.3 is 6.03 Å². The molecule has 0 aliphatic carbocycles. The van der Waals surface area contributed by atoms with Crippen LogP contribution in [0.2, 0.25) is 0 Å². The third kappa shape index (κ3) is 4.51. The maximum Gasteiger partial charge on any atom is 0.312 e. The van der Waals surface area contributed by atoms with E-state index in [1.165, 1.54) is 5.56 Å². The van der Waals surface area contributed by atoms with E-state index in [1.54, 1.807) is 0 Å². The van der Waals surface area contributed by atoms with E-state index in [0.29, 0.717) is 6.54 Å². The summed E-state index contributed by atoms with van der Waals surface area (Å²) in [5, 5.41) is 2.60. The molecule has 1 heterocycles. The number of benzene rings is 1. The molecule has 0 radical (unpaired) electrons. The summed E-state index contributed by atoms with van der Waals surface area (Å²) < 4.78 is 0. The molecule has 5 nitrogen and oxygen atoms in total. The van der Waals surface area contributed by atoms with Crippen LogP contribution in [0.3, 0.4) is 0 Å². The van der Waals surface area contributed by atoms with Gasteiger partial charge in [-0.1, -0.05) is 31.2 Å². The summed E-state index contributed by atoms with van der Waals surface area (Å²) in [6.07, 6.45) is 0. The highest BCUT2D eigenvalue weighted by atomic mass is 16.2. The van der Waals surface area contributed by atoms with Crippen LogP contribution in [-0.2, 0) is 13.1 Å². The fourth-order valence-electron chi connectivity index (χ4n) is 2.47. The van der Waals surface area contributed by atoms with Gasteiger partial charge in [0.15, 0.2) is 0 Å². The lowest BCUT2D eigenvalue weighted by Gasteiger charge is -2.34. The molecule has 0 atom stereocenters. The van der Waals surface area contributed by atoms with Gasteiger partial charge in [0.25, 0.3) is 0 Å². The van der Waals surface area contributed by atoms with Crippen LogP contribution in [0.1, 0.15) is 18.1 Å².